The van der Waals surface area contributed by atoms with Crippen LogP contribution in [-0.2, 0) is 23.7 Å². The molecule has 37 heavy (non-hydrogen) atoms. The Morgan fingerprint density at radius 2 is 1.05 bits per heavy atom. The lowest BCUT2D eigenvalue weighted by Gasteiger charge is -2.22. The van der Waals surface area contributed by atoms with Gasteiger partial charge in [0.05, 0.1) is 0 Å². The Morgan fingerprint density at radius 3 is 1.51 bits per heavy atom. The zero-order valence-electron chi connectivity index (χ0n) is 23.9. The van der Waals surface area contributed by atoms with Gasteiger partial charge in [-0.1, -0.05) is 76.7 Å². The summed E-state index contributed by atoms with van der Waals surface area (Å²) < 4.78 is 22.8. The zero-order valence-corrected chi connectivity index (χ0v) is 23.9. The van der Waals surface area contributed by atoms with E-state index in [2.05, 4.69) is 6.08 Å². The normalized spacial score (nSPS) is 20.8. The zero-order chi connectivity index (χ0) is 26.1. The summed E-state index contributed by atoms with van der Waals surface area (Å²) in [7, 11) is 0. The lowest BCUT2D eigenvalue weighted by Crippen LogP contribution is -2.22. The van der Waals surface area contributed by atoms with Crippen molar-refractivity contribution in [1.29, 1.82) is 0 Å². The van der Waals surface area contributed by atoms with Crippen molar-refractivity contribution < 1.29 is 23.7 Å². The summed E-state index contributed by atoms with van der Waals surface area (Å²) in [6.45, 7) is 3.42. The minimum absolute atomic E-state index is 0.0573. The van der Waals surface area contributed by atoms with Crippen molar-refractivity contribution in [3.05, 3.63) is 11.6 Å². The maximum absolute atomic E-state index is 11.4. The van der Waals surface area contributed by atoms with E-state index in [4.69, 9.17) is 18.9 Å². The smallest absolute Gasteiger partial charge is 0.157 e. The average Bonchev–Trinajstić information content (AvgIpc) is 2.94. The van der Waals surface area contributed by atoms with Crippen molar-refractivity contribution in [3.8, 4) is 0 Å². The first-order valence-corrected chi connectivity index (χ1v) is 16.0. The minimum Gasteiger partial charge on any atom is -0.353 e. The van der Waals surface area contributed by atoms with Gasteiger partial charge in [0.2, 0.25) is 0 Å². The molecule has 5 heteroatoms. The van der Waals surface area contributed by atoms with Crippen LogP contribution in [0.15, 0.2) is 11.6 Å². The van der Waals surface area contributed by atoms with Crippen LogP contribution in [-0.4, -0.2) is 45.3 Å². The molecule has 5 nitrogen and oxygen atoms in total. The van der Waals surface area contributed by atoms with Crippen LogP contribution < -0.4 is 0 Å². The highest BCUT2D eigenvalue weighted by atomic mass is 16.7. The van der Waals surface area contributed by atoms with Crippen molar-refractivity contribution >= 4 is 6.29 Å². The Morgan fingerprint density at radius 1 is 0.595 bits per heavy atom. The van der Waals surface area contributed by atoms with E-state index >= 15 is 0 Å². The molecule has 0 bridgehead atoms. The van der Waals surface area contributed by atoms with Crippen molar-refractivity contribution in [2.45, 2.75) is 160 Å². The Kier molecular flexibility index (Phi) is 21.3. The van der Waals surface area contributed by atoms with Crippen LogP contribution in [0.2, 0.25) is 0 Å². The number of hydrogen-bond acceptors (Lipinski definition) is 5. The van der Waals surface area contributed by atoms with E-state index in [1.807, 2.05) is 0 Å². The molecule has 0 aromatic heterocycles. The Balaban J connectivity index is 1.28. The summed E-state index contributed by atoms with van der Waals surface area (Å²) >= 11 is 0. The molecule has 216 valence electrons. The van der Waals surface area contributed by atoms with Gasteiger partial charge in [-0.3, -0.25) is 4.79 Å². The van der Waals surface area contributed by atoms with Gasteiger partial charge in [-0.2, -0.15) is 0 Å². The van der Waals surface area contributed by atoms with Crippen LogP contribution in [0.5, 0.6) is 0 Å². The second-order valence-electron chi connectivity index (χ2n) is 11.1. The number of carbonyl (C=O) groups is 1. The SMILES string of the molecule is O=C/C(=C\CCCCCCCCCCOC1CCCCO1)CCCCCCCCCOC1CCCCO1. The molecule has 0 saturated carbocycles. The van der Waals surface area contributed by atoms with E-state index in [-0.39, 0.29) is 12.6 Å². The molecule has 0 spiro atoms. The molecule has 0 radical (unpaired) electrons. The molecule has 2 aliphatic heterocycles. The molecule has 2 fully saturated rings. The maximum Gasteiger partial charge on any atom is 0.157 e. The number of ether oxygens (including phenoxy) is 4. The molecule has 2 saturated heterocycles. The van der Waals surface area contributed by atoms with Gasteiger partial charge >= 0.3 is 0 Å². The summed E-state index contributed by atoms with van der Waals surface area (Å²) in [5, 5.41) is 0. The lowest BCUT2D eigenvalue weighted by atomic mass is 10.0. The van der Waals surface area contributed by atoms with Gasteiger partial charge in [-0.05, 0) is 82.6 Å². The van der Waals surface area contributed by atoms with Crippen molar-refractivity contribution in [2.24, 2.45) is 0 Å². The predicted molar refractivity (Wildman–Crippen MR) is 152 cm³/mol. The molecular weight excluding hydrogens is 464 g/mol. The largest absolute Gasteiger partial charge is 0.353 e. The predicted octanol–water partition coefficient (Wildman–Crippen LogP) is 8.83. The van der Waals surface area contributed by atoms with Crippen LogP contribution in [0.1, 0.15) is 148 Å². The molecular formula is C32H58O5. The highest BCUT2D eigenvalue weighted by Crippen LogP contribution is 2.17. The lowest BCUT2D eigenvalue weighted by molar-refractivity contribution is -0.163. The van der Waals surface area contributed by atoms with Gasteiger partial charge in [-0.25, -0.2) is 0 Å². The van der Waals surface area contributed by atoms with Gasteiger partial charge in [0, 0.05) is 26.4 Å². The van der Waals surface area contributed by atoms with Gasteiger partial charge in [0.25, 0.3) is 0 Å². The van der Waals surface area contributed by atoms with Crippen molar-refractivity contribution in [1.82, 2.24) is 0 Å². The molecule has 2 aliphatic rings. The van der Waals surface area contributed by atoms with Crippen LogP contribution in [0.3, 0.4) is 0 Å². The first-order chi connectivity index (χ1) is 18.4. The summed E-state index contributed by atoms with van der Waals surface area (Å²) in [4.78, 5) is 11.4. The molecule has 0 aliphatic carbocycles. The molecule has 2 rings (SSSR count). The molecule has 0 N–H and O–H groups in total. The molecule has 2 unspecified atom stereocenters. The summed E-state index contributed by atoms with van der Waals surface area (Å²) in [5.74, 6) is 0. The third-order valence-electron chi connectivity index (χ3n) is 7.65. The summed E-state index contributed by atoms with van der Waals surface area (Å²) in [5.41, 5.74) is 1.02. The summed E-state index contributed by atoms with van der Waals surface area (Å²) in [6, 6.07) is 0. The van der Waals surface area contributed by atoms with Crippen LogP contribution in [0.4, 0.5) is 0 Å². The number of unbranched alkanes of at least 4 members (excludes halogenated alkanes) is 14. The van der Waals surface area contributed by atoms with Gasteiger partial charge < -0.3 is 18.9 Å². The monoisotopic (exact) mass is 522 g/mol. The number of carbonyl (C=O) groups excluding carboxylic acids is 1. The molecule has 0 aromatic rings. The Hall–Kier alpha value is -0.750. The number of rotatable bonds is 24. The van der Waals surface area contributed by atoms with Crippen molar-refractivity contribution in [2.75, 3.05) is 26.4 Å². The van der Waals surface area contributed by atoms with E-state index in [0.717, 1.165) is 83.2 Å². The number of aldehydes is 1. The molecule has 0 aromatic carbocycles. The van der Waals surface area contributed by atoms with E-state index in [9.17, 15) is 4.79 Å². The summed E-state index contributed by atoms with van der Waals surface area (Å²) in [6.07, 6.45) is 31.2. The van der Waals surface area contributed by atoms with Gasteiger partial charge in [-0.15, -0.1) is 0 Å². The Bertz CT molecular complexity index is 537. The minimum atomic E-state index is 0.0573. The highest BCUT2D eigenvalue weighted by molar-refractivity contribution is 5.72. The maximum atomic E-state index is 11.4. The fourth-order valence-electron chi connectivity index (χ4n) is 5.23. The second-order valence-corrected chi connectivity index (χ2v) is 11.1. The third-order valence-corrected chi connectivity index (χ3v) is 7.65. The van der Waals surface area contributed by atoms with Crippen LogP contribution in [0, 0.1) is 0 Å². The fraction of sp³-hybridized carbons (Fsp3) is 0.906. The van der Waals surface area contributed by atoms with E-state index < -0.39 is 0 Å². The van der Waals surface area contributed by atoms with Gasteiger partial charge in [0.1, 0.15) is 6.29 Å². The molecule has 2 atom stereocenters. The topological polar surface area (TPSA) is 54.0 Å². The van der Waals surface area contributed by atoms with E-state index in [1.54, 1.807) is 0 Å². The van der Waals surface area contributed by atoms with Gasteiger partial charge in [0.15, 0.2) is 12.6 Å². The Labute approximate surface area is 228 Å². The van der Waals surface area contributed by atoms with E-state index in [0.29, 0.717) is 0 Å². The number of hydrogen-bond donors (Lipinski definition) is 0. The highest BCUT2D eigenvalue weighted by Gasteiger charge is 2.14. The van der Waals surface area contributed by atoms with Crippen LogP contribution >= 0.6 is 0 Å². The first kappa shape index (κ1) is 32.5. The number of allylic oxidation sites excluding steroid dienone is 2. The third kappa shape index (κ3) is 19.0. The fourth-order valence-corrected chi connectivity index (χ4v) is 5.23. The van der Waals surface area contributed by atoms with Crippen molar-refractivity contribution in [3.63, 3.8) is 0 Å². The average molecular weight is 523 g/mol. The second kappa shape index (κ2) is 24.3. The standard InChI is InChI=1S/C32H58O5/c33-29-30(22-14-10-6-4-8-12-18-26-35-32-24-16-20-28-37-32)21-13-9-5-2-1-3-7-11-17-25-34-31-23-15-19-27-36-31/h21,29,31-32H,1-20,22-28H2/b30-21-. The first-order valence-electron chi connectivity index (χ1n) is 16.0. The van der Waals surface area contributed by atoms with E-state index in [1.165, 1.54) is 103 Å². The quantitative estimate of drug-likeness (QED) is 0.0720. The molecule has 0 amide bonds. The molecule has 2 heterocycles. The van der Waals surface area contributed by atoms with Crippen LogP contribution in [0.25, 0.3) is 0 Å².